The van der Waals surface area contributed by atoms with E-state index in [0.29, 0.717) is 16.7 Å². The molecule has 0 spiro atoms. The summed E-state index contributed by atoms with van der Waals surface area (Å²) in [7, 11) is 0. The maximum Gasteiger partial charge on any atom is 0.160 e. The van der Waals surface area contributed by atoms with Crippen molar-refractivity contribution in [2.24, 2.45) is 5.84 Å². The predicted octanol–water partition coefficient (Wildman–Crippen LogP) is 2.59. The van der Waals surface area contributed by atoms with Gasteiger partial charge in [0, 0.05) is 5.02 Å². The number of nitrogens with one attached hydrogen (secondary N) is 2. The van der Waals surface area contributed by atoms with Gasteiger partial charge >= 0.3 is 0 Å². The first-order chi connectivity index (χ1) is 8.69. The van der Waals surface area contributed by atoms with E-state index in [2.05, 4.69) is 20.7 Å². The highest BCUT2D eigenvalue weighted by Gasteiger charge is 2.07. The predicted molar refractivity (Wildman–Crippen MR) is 73.3 cm³/mol. The second-order valence-electron chi connectivity index (χ2n) is 3.85. The highest BCUT2D eigenvalue weighted by Crippen LogP contribution is 2.20. The standard InChI is InChI=1S/C12H14ClN5/c1-8(9-3-2-4-10(13)5-9)16-11-6-15-7-12(17-11)18-14/h2-8H,14H2,1H3,(H2,16,17,18). The van der Waals surface area contributed by atoms with Crippen LogP contribution in [0.5, 0.6) is 0 Å². The number of hydrogen-bond donors (Lipinski definition) is 3. The minimum absolute atomic E-state index is 0.0750. The van der Waals surface area contributed by atoms with Gasteiger partial charge in [-0.05, 0) is 24.6 Å². The Morgan fingerprint density at radius 3 is 2.78 bits per heavy atom. The molecule has 6 heteroatoms. The molecular formula is C12H14ClN5. The van der Waals surface area contributed by atoms with Gasteiger partial charge in [0.1, 0.15) is 5.82 Å². The van der Waals surface area contributed by atoms with Gasteiger partial charge in [0.2, 0.25) is 0 Å². The molecule has 2 rings (SSSR count). The van der Waals surface area contributed by atoms with Crippen LogP contribution in [0.25, 0.3) is 0 Å². The quantitative estimate of drug-likeness (QED) is 0.584. The number of hydrogen-bond acceptors (Lipinski definition) is 5. The molecule has 4 N–H and O–H groups in total. The molecule has 0 aliphatic rings. The van der Waals surface area contributed by atoms with Gasteiger partial charge in [-0.3, -0.25) is 4.98 Å². The number of nitrogens with zero attached hydrogens (tertiary/aromatic N) is 2. The molecule has 0 fully saturated rings. The maximum absolute atomic E-state index is 5.96. The minimum Gasteiger partial charge on any atom is -0.362 e. The molecule has 18 heavy (non-hydrogen) atoms. The Bertz CT molecular complexity index is 531. The van der Waals surface area contributed by atoms with Gasteiger partial charge in [0.05, 0.1) is 18.4 Å². The lowest BCUT2D eigenvalue weighted by Gasteiger charge is -2.15. The first-order valence-electron chi connectivity index (χ1n) is 5.49. The first kappa shape index (κ1) is 12.6. The second-order valence-corrected chi connectivity index (χ2v) is 4.29. The molecule has 1 heterocycles. The molecule has 0 saturated carbocycles. The van der Waals surface area contributed by atoms with Crippen LogP contribution < -0.4 is 16.6 Å². The van der Waals surface area contributed by atoms with E-state index in [-0.39, 0.29) is 6.04 Å². The van der Waals surface area contributed by atoms with Crippen LogP contribution in [0.1, 0.15) is 18.5 Å². The maximum atomic E-state index is 5.96. The highest BCUT2D eigenvalue weighted by atomic mass is 35.5. The van der Waals surface area contributed by atoms with Crippen LogP contribution in [0.15, 0.2) is 36.7 Å². The van der Waals surface area contributed by atoms with Crippen LogP contribution >= 0.6 is 11.6 Å². The van der Waals surface area contributed by atoms with E-state index in [1.165, 1.54) is 0 Å². The molecular weight excluding hydrogens is 250 g/mol. The number of anilines is 2. The van der Waals surface area contributed by atoms with Crippen LogP contribution in [0.4, 0.5) is 11.6 Å². The Labute approximate surface area is 110 Å². The third-order valence-electron chi connectivity index (χ3n) is 2.50. The number of aromatic nitrogens is 2. The van der Waals surface area contributed by atoms with Crippen molar-refractivity contribution in [2.45, 2.75) is 13.0 Å². The average Bonchev–Trinajstić information content (AvgIpc) is 2.39. The summed E-state index contributed by atoms with van der Waals surface area (Å²) in [5, 5.41) is 3.94. The number of nitrogen functional groups attached to an aromatic ring is 1. The van der Waals surface area contributed by atoms with Gasteiger partial charge < -0.3 is 10.7 Å². The fraction of sp³-hybridized carbons (Fsp3) is 0.167. The molecule has 1 unspecified atom stereocenters. The summed E-state index contributed by atoms with van der Waals surface area (Å²) in [6.45, 7) is 2.02. The lowest BCUT2D eigenvalue weighted by Crippen LogP contribution is -2.12. The smallest absolute Gasteiger partial charge is 0.160 e. The highest BCUT2D eigenvalue weighted by molar-refractivity contribution is 6.30. The Hall–Kier alpha value is -1.85. The summed E-state index contributed by atoms with van der Waals surface area (Å²) in [5.41, 5.74) is 3.53. The van der Waals surface area contributed by atoms with Gasteiger partial charge in [-0.2, -0.15) is 0 Å². The van der Waals surface area contributed by atoms with Gasteiger partial charge in [-0.15, -0.1) is 0 Å². The van der Waals surface area contributed by atoms with Crippen molar-refractivity contribution in [1.29, 1.82) is 0 Å². The molecule has 0 saturated heterocycles. The molecule has 1 aromatic carbocycles. The Morgan fingerprint density at radius 2 is 2.06 bits per heavy atom. The summed E-state index contributed by atoms with van der Waals surface area (Å²) in [4.78, 5) is 8.26. The van der Waals surface area contributed by atoms with E-state index in [0.717, 1.165) is 5.56 Å². The Kier molecular flexibility index (Phi) is 3.96. The summed E-state index contributed by atoms with van der Waals surface area (Å²) >= 11 is 5.96. The zero-order valence-corrected chi connectivity index (χ0v) is 10.6. The number of nitrogens with two attached hydrogens (primary N) is 1. The summed E-state index contributed by atoms with van der Waals surface area (Å²) < 4.78 is 0. The van der Waals surface area contributed by atoms with Gasteiger partial charge in [-0.25, -0.2) is 10.8 Å². The van der Waals surface area contributed by atoms with E-state index in [4.69, 9.17) is 17.4 Å². The van der Waals surface area contributed by atoms with Crippen molar-refractivity contribution in [3.8, 4) is 0 Å². The van der Waals surface area contributed by atoms with Crippen molar-refractivity contribution in [3.63, 3.8) is 0 Å². The molecule has 1 atom stereocenters. The molecule has 0 bridgehead atoms. The zero-order chi connectivity index (χ0) is 13.0. The monoisotopic (exact) mass is 263 g/mol. The van der Waals surface area contributed by atoms with Crippen LogP contribution in [-0.2, 0) is 0 Å². The van der Waals surface area contributed by atoms with E-state index in [1.807, 2.05) is 31.2 Å². The number of rotatable bonds is 4. The van der Waals surface area contributed by atoms with Crippen LogP contribution in [0, 0.1) is 0 Å². The van der Waals surface area contributed by atoms with Crippen molar-refractivity contribution in [2.75, 3.05) is 10.7 Å². The van der Waals surface area contributed by atoms with E-state index in [9.17, 15) is 0 Å². The molecule has 1 aromatic heterocycles. The topological polar surface area (TPSA) is 75.9 Å². The second kappa shape index (κ2) is 5.66. The molecule has 5 nitrogen and oxygen atoms in total. The van der Waals surface area contributed by atoms with Gasteiger partial charge in [-0.1, -0.05) is 23.7 Å². The van der Waals surface area contributed by atoms with Crippen molar-refractivity contribution in [3.05, 3.63) is 47.2 Å². The fourth-order valence-corrected chi connectivity index (χ4v) is 1.78. The molecule has 2 aromatic rings. The van der Waals surface area contributed by atoms with Gasteiger partial charge in [0.15, 0.2) is 5.82 Å². The van der Waals surface area contributed by atoms with Crippen LogP contribution in [0.2, 0.25) is 5.02 Å². The van der Waals surface area contributed by atoms with Crippen molar-refractivity contribution < 1.29 is 0 Å². The normalized spacial score (nSPS) is 11.9. The summed E-state index contributed by atoms with van der Waals surface area (Å²) in [6.07, 6.45) is 3.19. The lowest BCUT2D eigenvalue weighted by atomic mass is 10.1. The number of benzene rings is 1. The molecule has 0 amide bonds. The van der Waals surface area contributed by atoms with E-state index < -0.39 is 0 Å². The van der Waals surface area contributed by atoms with E-state index in [1.54, 1.807) is 12.4 Å². The number of halogens is 1. The third kappa shape index (κ3) is 3.09. The fourth-order valence-electron chi connectivity index (χ4n) is 1.59. The lowest BCUT2D eigenvalue weighted by molar-refractivity contribution is 0.871. The zero-order valence-electron chi connectivity index (χ0n) is 9.89. The van der Waals surface area contributed by atoms with Gasteiger partial charge in [0.25, 0.3) is 0 Å². The third-order valence-corrected chi connectivity index (χ3v) is 2.73. The SMILES string of the molecule is CC(Nc1cncc(NN)n1)c1cccc(Cl)c1. The summed E-state index contributed by atoms with van der Waals surface area (Å²) in [5.74, 6) is 6.45. The first-order valence-corrected chi connectivity index (χ1v) is 5.87. The average molecular weight is 264 g/mol. The van der Waals surface area contributed by atoms with Crippen molar-refractivity contribution in [1.82, 2.24) is 9.97 Å². The van der Waals surface area contributed by atoms with Crippen LogP contribution in [0.3, 0.4) is 0 Å². The summed E-state index contributed by atoms with van der Waals surface area (Å²) in [6, 6.07) is 7.75. The molecule has 0 aliphatic carbocycles. The Balaban J connectivity index is 2.13. The molecule has 0 radical (unpaired) electrons. The minimum atomic E-state index is 0.0750. The van der Waals surface area contributed by atoms with Crippen molar-refractivity contribution >= 4 is 23.2 Å². The Morgan fingerprint density at radius 1 is 1.28 bits per heavy atom. The molecule has 94 valence electrons. The number of hydrazine groups is 1. The molecule has 0 aliphatic heterocycles. The largest absolute Gasteiger partial charge is 0.362 e. The van der Waals surface area contributed by atoms with Crippen LogP contribution in [-0.4, -0.2) is 9.97 Å². The van der Waals surface area contributed by atoms with E-state index >= 15 is 0 Å².